The number of nitrogens with zero attached hydrogens (tertiary/aromatic N) is 1. The van der Waals surface area contributed by atoms with Gasteiger partial charge in [-0.3, -0.25) is 4.79 Å². The van der Waals surface area contributed by atoms with Gasteiger partial charge in [0.15, 0.2) is 0 Å². The van der Waals surface area contributed by atoms with Crippen LogP contribution in [-0.4, -0.2) is 47.2 Å². The van der Waals surface area contributed by atoms with Crippen molar-refractivity contribution >= 4 is 5.97 Å². The van der Waals surface area contributed by atoms with Crippen molar-refractivity contribution in [1.29, 1.82) is 0 Å². The summed E-state index contributed by atoms with van der Waals surface area (Å²) in [6.07, 6.45) is 1.76. The molecule has 0 aromatic rings. The van der Waals surface area contributed by atoms with Crippen LogP contribution in [0.5, 0.6) is 0 Å². The van der Waals surface area contributed by atoms with Gasteiger partial charge >= 0.3 is 5.97 Å². The van der Waals surface area contributed by atoms with Gasteiger partial charge in [0, 0.05) is 18.6 Å². The maximum absolute atomic E-state index is 11.1. The Morgan fingerprint density at radius 3 is 2.18 bits per heavy atom. The van der Waals surface area contributed by atoms with E-state index in [2.05, 4.69) is 31.0 Å². The maximum atomic E-state index is 11.1. The molecule has 1 atom stereocenters. The van der Waals surface area contributed by atoms with E-state index in [4.69, 9.17) is 5.11 Å². The van der Waals surface area contributed by atoms with E-state index < -0.39 is 12.0 Å². The number of carboxylic acid groups (broad SMARTS) is 1. The number of carbonyl (C=O) groups is 1. The molecule has 0 aromatic carbocycles. The van der Waals surface area contributed by atoms with Crippen LogP contribution in [0.3, 0.4) is 0 Å². The fourth-order valence-corrected chi connectivity index (χ4v) is 1.89. The van der Waals surface area contributed by atoms with Gasteiger partial charge in [0.05, 0.1) is 0 Å². The molecule has 17 heavy (non-hydrogen) atoms. The van der Waals surface area contributed by atoms with Crippen LogP contribution in [0.25, 0.3) is 0 Å². The average molecular weight is 244 g/mol. The van der Waals surface area contributed by atoms with Crippen molar-refractivity contribution in [3.8, 4) is 0 Å². The van der Waals surface area contributed by atoms with Gasteiger partial charge < -0.3 is 15.3 Å². The second-order valence-corrected chi connectivity index (χ2v) is 5.13. The third-order valence-corrected chi connectivity index (χ3v) is 2.78. The van der Waals surface area contributed by atoms with E-state index in [0.717, 1.165) is 19.5 Å². The van der Waals surface area contributed by atoms with Gasteiger partial charge in [-0.2, -0.15) is 0 Å². The molecule has 0 saturated carbocycles. The van der Waals surface area contributed by atoms with E-state index in [-0.39, 0.29) is 6.04 Å². The van der Waals surface area contributed by atoms with Crippen LogP contribution in [0.4, 0.5) is 0 Å². The zero-order chi connectivity index (χ0) is 13.4. The highest BCUT2D eigenvalue weighted by atomic mass is 16.4. The van der Waals surface area contributed by atoms with Crippen molar-refractivity contribution in [2.45, 2.75) is 65.6 Å². The zero-order valence-electron chi connectivity index (χ0n) is 11.9. The van der Waals surface area contributed by atoms with E-state index in [0.29, 0.717) is 12.5 Å². The first-order valence-corrected chi connectivity index (χ1v) is 6.61. The lowest BCUT2D eigenvalue weighted by atomic mass is 10.1. The number of nitrogens with one attached hydrogen (secondary N) is 1. The van der Waals surface area contributed by atoms with E-state index in [1.165, 1.54) is 0 Å². The maximum Gasteiger partial charge on any atom is 0.320 e. The topological polar surface area (TPSA) is 52.6 Å². The van der Waals surface area contributed by atoms with Crippen molar-refractivity contribution < 1.29 is 9.90 Å². The van der Waals surface area contributed by atoms with Gasteiger partial charge in [0.1, 0.15) is 6.04 Å². The highest BCUT2D eigenvalue weighted by molar-refractivity contribution is 5.73. The summed E-state index contributed by atoms with van der Waals surface area (Å²) in [5.41, 5.74) is 0. The molecule has 0 saturated heterocycles. The molecule has 0 radical (unpaired) electrons. The Hall–Kier alpha value is -0.610. The quantitative estimate of drug-likeness (QED) is 0.651. The summed E-state index contributed by atoms with van der Waals surface area (Å²) in [5.74, 6) is -0.751. The molecule has 0 aliphatic carbocycles. The van der Waals surface area contributed by atoms with Crippen molar-refractivity contribution in [2.75, 3.05) is 13.1 Å². The highest BCUT2D eigenvalue weighted by Crippen LogP contribution is 2.04. The van der Waals surface area contributed by atoms with Crippen molar-refractivity contribution in [1.82, 2.24) is 10.2 Å². The molecule has 1 unspecified atom stereocenters. The van der Waals surface area contributed by atoms with E-state index in [9.17, 15) is 4.79 Å². The first kappa shape index (κ1) is 16.4. The van der Waals surface area contributed by atoms with Crippen LogP contribution in [0.2, 0.25) is 0 Å². The molecule has 0 bridgehead atoms. The number of hydrogen-bond acceptors (Lipinski definition) is 3. The van der Waals surface area contributed by atoms with Gasteiger partial charge in [-0.25, -0.2) is 0 Å². The van der Waals surface area contributed by atoms with Crippen LogP contribution in [-0.2, 0) is 4.79 Å². The van der Waals surface area contributed by atoms with Gasteiger partial charge in [-0.15, -0.1) is 0 Å². The summed E-state index contributed by atoms with van der Waals surface area (Å²) in [7, 11) is 0. The first-order chi connectivity index (χ1) is 7.88. The standard InChI is InChI=1S/C13H28N2O2/c1-6-8-15(11(4)5)9-7-12(13(16)17)14-10(2)3/h10-12,14H,6-9H2,1-5H3,(H,16,17). The van der Waals surface area contributed by atoms with Crippen LogP contribution >= 0.6 is 0 Å². The Balaban J connectivity index is 4.21. The molecule has 0 rings (SSSR count). The van der Waals surface area contributed by atoms with E-state index >= 15 is 0 Å². The molecule has 0 fully saturated rings. The number of hydrogen-bond donors (Lipinski definition) is 2. The molecule has 0 spiro atoms. The smallest absolute Gasteiger partial charge is 0.320 e. The molecule has 0 heterocycles. The summed E-state index contributed by atoms with van der Waals surface area (Å²) in [5, 5.41) is 12.2. The summed E-state index contributed by atoms with van der Waals surface area (Å²) in [6, 6.07) is 0.242. The summed E-state index contributed by atoms with van der Waals surface area (Å²) >= 11 is 0. The Labute approximate surface area is 105 Å². The minimum absolute atomic E-state index is 0.203. The Morgan fingerprint density at radius 2 is 1.82 bits per heavy atom. The minimum atomic E-state index is -0.751. The second kappa shape index (κ2) is 8.48. The van der Waals surface area contributed by atoms with Gasteiger partial charge in [0.2, 0.25) is 0 Å². The van der Waals surface area contributed by atoms with Gasteiger partial charge in [-0.05, 0) is 33.2 Å². The van der Waals surface area contributed by atoms with E-state index in [1.807, 2.05) is 13.8 Å². The lowest BCUT2D eigenvalue weighted by molar-refractivity contribution is -0.140. The monoisotopic (exact) mass is 244 g/mol. The molecular weight excluding hydrogens is 216 g/mol. The fraction of sp³-hybridized carbons (Fsp3) is 0.923. The average Bonchev–Trinajstić information content (AvgIpc) is 2.20. The zero-order valence-corrected chi connectivity index (χ0v) is 11.9. The van der Waals surface area contributed by atoms with Gasteiger partial charge in [-0.1, -0.05) is 20.8 Å². The molecule has 4 heteroatoms. The number of aliphatic carboxylic acids is 1. The van der Waals surface area contributed by atoms with E-state index in [1.54, 1.807) is 0 Å². The second-order valence-electron chi connectivity index (χ2n) is 5.13. The molecule has 0 aliphatic rings. The Morgan fingerprint density at radius 1 is 1.24 bits per heavy atom. The Bertz CT molecular complexity index is 217. The molecule has 0 aliphatic heterocycles. The third-order valence-electron chi connectivity index (χ3n) is 2.78. The minimum Gasteiger partial charge on any atom is -0.480 e. The van der Waals surface area contributed by atoms with Crippen molar-refractivity contribution in [2.24, 2.45) is 0 Å². The molecule has 4 nitrogen and oxygen atoms in total. The normalized spacial score (nSPS) is 13.6. The summed E-state index contributed by atoms with van der Waals surface area (Å²) in [4.78, 5) is 13.4. The molecular formula is C13H28N2O2. The lowest BCUT2D eigenvalue weighted by Crippen LogP contribution is -2.44. The van der Waals surface area contributed by atoms with Crippen molar-refractivity contribution in [3.05, 3.63) is 0 Å². The lowest BCUT2D eigenvalue weighted by Gasteiger charge is -2.27. The summed E-state index contributed by atoms with van der Waals surface area (Å²) in [6.45, 7) is 12.3. The van der Waals surface area contributed by atoms with Crippen LogP contribution in [0, 0.1) is 0 Å². The predicted molar refractivity (Wildman–Crippen MR) is 71.3 cm³/mol. The number of rotatable bonds is 9. The molecule has 0 aromatic heterocycles. The van der Waals surface area contributed by atoms with Gasteiger partial charge in [0.25, 0.3) is 0 Å². The van der Waals surface area contributed by atoms with Crippen LogP contribution in [0.15, 0.2) is 0 Å². The SMILES string of the molecule is CCCN(CCC(NC(C)C)C(=O)O)C(C)C. The molecule has 0 amide bonds. The molecule has 2 N–H and O–H groups in total. The third kappa shape index (κ3) is 7.34. The largest absolute Gasteiger partial charge is 0.480 e. The first-order valence-electron chi connectivity index (χ1n) is 6.61. The molecule has 102 valence electrons. The van der Waals surface area contributed by atoms with Crippen LogP contribution in [0.1, 0.15) is 47.5 Å². The van der Waals surface area contributed by atoms with Crippen LogP contribution < -0.4 is 5.32 Å². The fourth-order valence-electron chi connectivity index (χ4n) is 1.89. The predicted octanol–water partition coefficient (Wildman–Crippen LogP) is 1.95. The van der Waals surface area contributed by atoms with Crippen molar-refractivity contribution in [3.63, 3.8) is 0 Å². The highest BCUT2D eigenvalue weighted by Gasteiger charge is 2.19. The Kier molecular flexibility index (Phi) is 8.17. The summed E-state index contributed by atoms with van der Waals surface area (Å²) < 4.78 is 0. The number of carboxylic acids is 1.